The SMILES string of the molecule is CO[C@H](NC(CCS)C(=O)O)c1ccccc1. The van der Waals surface area contributed by atoms with Crippen molar-refractivity contribution < 1.29 is 14.6 Å². The van der Waals surface area contributed by atoms with Crippen molar-refractivity contribution in [3.63, 3.8) is 0 Å². The first kappa shape index (κ1) is 14.0. The van der Waals surface area contributed by atoms with Gasteiger partial charge >= 0.3 is 5.97 Å². The third-order valence-corrected chi connectivity index (χ3v) is 2.66. The number of nitrogens with one attached hydrogen (secondary N) is 1. The van der Waals surface area contributed by atoms with Crippen LogP contribution in [-0.4, -0.2) is 30.0 Å². The van der Waals surface area contributed by atoms with E-state index in [2.05, 4.69) is 17.9 Å². The number of carboxylic acid groups (broad SMARTS) is 1. The van der Waals surface area contributed by atoms with Gasteiger partial charge in [0.05, 0.1) is 0 Å². The lowest BCUT2D eigenvalue weighted by Gasteiger charge is -2.22. The summed E-state index contributed by atoms with van der Waals surface area (Å²) in [5.41, 5.74) is 0.903. The molecular weight excluding hydrogens is 238 g/mol. The molecule has 0 radical (unpaired) electrons. The molecule has 0 amide bonds. The van der Waals surface area contributed by atoms with Gasteiger partial charge in [0.1, 0.15) is 12.3 Å². The Bertz CT molecular complexity index is 345. The maximum Gasteiger partial charge on any atom is 0.320 e. The number of carbonyl (C=O) groups is 1. The summed E-state index contributed by atoms with van der Waals surface area (Å²) in [6.07, 6.45) is 0.0303. The van der Waals surface area contributed by atoms with E-state index in [4.69, 9.17) is 9.84 Å². The van der Waals surface area contributed by atoms with Gasteiger partial charge < -0.3 is 9.84 Å². The maximum absolute atomic E-state index is 11.0. The van der Waals surface area contributed by atoms with E-state index < -0.39 is 18.2 Å². The molecule has 4 nitrogen and oxygen atoms in total. The zero-order chi connectivity index (χ0) is 12.7. The standard InChI is InChI=1S/C12H17NO3S/c1-16-11(9-5-3-2-4-6-9)13-10(7-8-17)12(14)15/h2-6,10-11,13,17H,7-8H2,1H3,(H,14,15)/t10?,11-/m0/s1. The van der Waals surface area contributed by atoms with Crippen molar-refractivity contribution in [2.45, 2.75) is 18.7 Å². The second-order valence-electron chi connectivity index (χ2n) is 3.60. The number of rotatable bonds is 7. The lowest BCUT2D eigenvalue weighted by atomic mass is 10.1. The number of ether oxygens (including phenoxy) is 1. The Morgan fingerprint density at radius 1 is 1.47 bits per heavy atom. The minimum atomic E-state index is -0.892. The van der Waals surface area contributed by atoms with Gasteiger partial charge in [-0.05, 0) is 17.7 Å². The number of aliphatic carboxylic acids is 1. The van der Waals surface area contributed by atoms with Crippen molar-refractivity contribution in [2.24, 2.45) is 0 Å². The first-order chi connectivity index (χ1) is 8.19. The average molecular weight is 255 g/mol. The van der Waals surface area contributed by atoms with Crippen LogP contribution in [0.25, 0.3) is 0 Å². The fourth-order valence-electron chi connectivity index (χ4n) is 1.52. The molecule has 0 saturated heterocycles. The van der Waals surface area contributed by atoms with Crippen LogP contribution in [0.5, 0.6) is 0 Å². The van der Waals surface area contributed by atoms with Crippen molar-refractivity contribution in [2.75, 3.05) is 12.9 Å². The maximum atomic E-state index is 11.0. The Kier molecular flexibility index (Phi) is 6.04. The highest BCUT2D eigenvalue weighted by Crippen LogP contribution is 2.14. The third-order valence-electron chi connectivity index (χ3n) is 2.41. The monoisotopic (exact) mass is 255 g/mol. The second kappa shape index (κ2) is 7.32. The lowest BCUT2D eigenvalue weighted by molar-refractivity contribution is -0.140. The smallest absolute Gasteiger partial charge is 0.320 e. The van der Waals surface area contributed by atoms with Gasteiger partial charge in [0, 0.05) is 7.11 Å². The molecule has 0 aliphatic rings. The van der Waals surface area contributed by atoms with Gasteiger partial charge in [0.25, 0.3) is 0 Å². The molecule has 0 heterocycles. The summed E-state index contributed by atoms with van der Waals surface area (Å²) in [7, 11) is 1.55. The Morgan fingerprint density at radius 3 is 2.59 bits per heavy atom. The fourth-order valence-corrected chi connectivity index (χ4v) is 1.78. The molecule has 0 saturated carbocycles. The average Bonchev–Trinajstić information content (AvgIpc) is 2.35. The predicted molar refractivity (Wildman–Crippen MR) is 69.2 cm³/mol. The summed E-state index contributed by atoms with van der Waals surface area (Å²) in [5.74, 6) is -0.383. The summed E-state index contributed by atoms with van der Waals surface area (Å²) in [6, 6.07) is 8.80. The summed E-state index contributed by atoms with van der Waals surface area (Å²) in [5, 5.41) is 12.0. The zero-order valence-corrected chi connectivity index (χ0v) is 10.6. The summed E-state index contributed by atoms with van der Waals surface area (Å²) < 4.78 is 5.26. The predicted octanol–water partition coefficient (Wildman–Crippen LogP) is 1.69. The van der Waals surface area contributed by atoms with Crippen LogP contribution in [0.3, 0.4) is 0 Å². The van der Waals surface area contributed by atoms with Crippen LogP contribution >= 0.6 is 12.6 Å². The second-order valence-corrected chi connectivity index (χ2v) is 4.04. The normalized spacial score (nSPS) is 14.2. The summed E-state index contributed by atoms with van der Waals surface area (Å²) in [6.45, 7) is 0. The lowest BCUT2D eigenvalue weighted by Crippen LogP contribution is -2.40. The number of methoxy groups -OCH3 is 1. The first-order valence-corrected chi connectivity index (χ1v) is 5.99. The molecule has 2 atom stereocenters. The first-order valence-electron chi connectivity index (χ1n) is 5.36. The van der Waals surface area contributed by atoms with Gasteiger partial charge in [-0.2, -0.15) is 12.6 Å². The molecule has 0 aliphatic heterocycles. The van der Waals surface area contributed by atoms with Crippen molar-refractivity contribution in [3.8, 4) is 0 Å². The molecule has 1 aromatic carbocycles. The van der Waals surface area contributed by atoms with E-state index in [1.807, 2.05) is 30.3 Å². The Balaban J connectivity index is 2.71. The summed E-state index contributed by atoms with van der Waals surface area (Å²) in [4.78, 5) is 11.0. The minimum absolute atomic E-state index is 0.419. The summed E-state index contributed by atoms with van der Waals surface area (Å²) >= 11 is 4.05. The topological polar surface area (TPSA) is 58.6 Å². The number of carboxylic acids is 1. The molecule has 17 heavy (non-hydrogen) atoms. The van der Waals surface area contributed by atoms with E-state index in [-0.39, 0.29) is 0 Å². The Morgan fingerprint density at radius 2 is 2.12 bits per heavy atom. The van der Waals surface area contributed by atoms with E-state index in [1.54, 1.807) is 7.11 Å². The quantitative estimate of drug-likeness (QED) is 0.512. The molecule has 1 rings (SSSR count). The van der Waals surface area contributed by atoms with Crippen LogP contribution in [0.2, 0.25) is 0 Å². The fraction of sp³-hybridized carbons (Fsp3) is 0.417. The molecule has 1 aromatic rings. The Labute approximate surface area is 106 Å². The van der Waals surface area contributed by atoms with Gasteiger partial charge in [0.15, 0.2) is 0 Å². The van der Waals surface area contributed by atoms with Gasteiger partial charge in [0.2, 0.25) is 0 Å². The van der Waals surface area contributed by atoms with Crippen LogP contribution in [-0.2, 0) is 9.53 Å². The van der Waals surface area contributed by atoms with E-state index in [0.29, 0.717) is 12.2 Å². The van der Waals surface area contributed by atoms with E-state index >= 15 is 0 Å². The molecule has 0 aliphatic carbocycles. The number of hydrogen-bond acceptors (Lipinski definition) is 4. The number of hydrogen-bond donors (Lipinski definition) is 3. The minimum Gasteiger partial charge on any atom is -0.480 e. The molecule has 0 bridgehead atoms. The molecule has 2 N–H and O–H groups in total. The highest BCUT2D eigenvalue weighted by Gasteiger charge is 2.21. The third kappa shape index (κ3) is 4.38. The number of thiol groups is 1. The number of benzene rings is 1. The van der Waals surface area contributed by atoms with Gasteiger partial charge in [-0.25, -0.2) is 0 Å². The molecule has 0 spiro atoms. The largest absolute Gasteiger partial charge is 0.480 e. The van der Waals surface area contributed by atoms with Crippen molar-refractivity contribution in [1.82, 2.24) is 5.32 Å². The highest BCUT2D eigenvalue weighted by atomic mass is 32.1. The highest BCUT2D eigenvalue weighted by molar-refractivity contribution is 7.80. The van der Waals surface area contributed by atoms with Crippen LogP contribution in [0.15, 0.2) is 30.3 Å². The van der Waals surface area contributed by atoms with Gasteiger partial charge in [-0.15, -0.1) is 0 Å². The van der Waals surface area contributed by atoms with Crippen LogP contribution in [0, 0.1) is 0 Å². The molecule has 1 unspecified atom stereocenters. The van der Waals surface area contributed by atoms with Crippen LogP contribution < -0.4 is 5.32 Å². The Hall–Kier alpha value is -1.04. The van der Waals surface area contributed by atoms with Crippen molar-refractivity contribution in [3.05, 3.63) is 35.9 Å². The molecule has 0 aromatic heterocycles. The van der Waals surface area contributed by atoms with Crippen LogP contribution in [0.1, 0.15) is 18.2 Å². The van der Waals surface area contributed by atoms with Gasteiger partial charge in [-0.1, -0.05) is 30.3 Å². The van der Waals surface area contributed by atoms with Crippen molar-refractivity contribution in [1.29, 1.82) is 0 Å². The molecule has 94 valence electrons. The van der Waals surface area contributed by atoms with E-state index in [1.165, 1.54) is 0 Å². The molecule has 5 heteroatoms. The molecule has 0 fully saturated rings. The van der Waals surface area contributed by atoms with E-state index in [0.717, 1.165) is 5.56 Å². The van der Waals surface area contributed by atoms with Crippen molar-refractivity contribution >= 4 is 18.6 Å². The zero-order valence-electron chi connectivity index (χ0n) is 9.67. The van der Waals surface area contributed by atoms with E-state index in [9.17, 15) is 4.79 Å². The molecular formula is C12H17NO3S. The van der Waals surface area contributed by atoms with Gasteiger partial charge in [-0.3, -0.25) is 10.1 Å². The van der Waals surface area contributed by atoms with Crippen LogP contribution in [0.4, 0.5) is 0 Å².